The van der Waals surface area contributed by atoms with Gasteiger partial charge in [-0.05, 0) is 12.1 Å². The number of rotatable bonds is 4. The lowest BCUT2D eigenvalue weighted by molar-refractivity contribution is -0.384. The van der Waals surface area contributed by atoms with Gasteiger partial charge in [-0.15, -0.1) is 10.2 Å². The SMILES string of the molecule is O=[N+]([O-])c1ccc(-c2nc(C=Nc3nncs3)c(O)o2)cc1. The van der Waals surface area contributed by atoms with Gasteiger partial charge in [-0.2, -0.15) is 0 Å². The molecule has 2 heterocycles. The van der Waals surface area contributed by atoms with Crippen molar-refractivity contribution in [1.29, 1.82) is 0 Å². The normalized spacial score (nSPS) is 11.1. The summed E-state index contributed by atoms with van der Waals surface area (Å²) in [5.74, 6) is -0.271. The molecular formula is C12H7N5O4S. The lowest BCUT2D eigenvalue weighted by Crippen LogP contribution is -1.87. The van der Waals surface area contributed by atoms with Crippen LogP contribution in [0.2, 0.25) is 0 Å². The molecule has 0 radical (unpaired) electrons. The van der Waals surface area contributed by atoms with Crippen LogP contribution in [0.15, 0.2) is 39.2 Å². The third kappa shape index (κ3) is 2.81. The molecule has 0 aliphatic rings. The molecular weight excluding hydrogens is 310 g/mol. The fraction of sp³-hybridized carbons (Fsp3) is 0. The van der Waals surface area contributed by atoms with Gasteiger partial charge in [0.2, 0.25) is 11.0 Å². The van der Waals surface area contributed by atoms with Crippen LogP contribution in [0.5, 0.6) is 5.95 Å². The number of aromatic nitrogens is 3. The number of hydrogen-bond acceptors (Lipinski definition) is 9. The third-order valence-electron chi connectivity index (χ3n) is 2.61. The van der Waals surface area contributed by atoms with E-state index >= 15 is 0 Å². The maximum absolute atomic E-state index is 10.6. The van der Waals surface area contributed by atoms with E-state index in [9.17, 15) is 15.2 Å². The summed E-state index contributed by atoms with van der Waals surface area (Å²) < 4.78 is 5.12. The average Bonchev–Trinajstić information content (AvgIpc) is 3.15. The van der Waals surface area contributed by atoms with Gasteiger partial charge >= 0.3 is 5.95 Å². The first kappa shape index (κ1) is 13.8. The zero-order valence-corrected chi connectivity index (χ0v) is 11.6. The largest absolute Gasteiger partial charge is 0.479 e. The second-order valence-corrected chi connectivity index (χ2v) is 4.80. The fourth-order valence-corrected chi connectivity index (χ4v) is 1.99. The number of hydrogen-bond donors (Lipinski definition) is 1. The Morgan fingerprint density at radius 2 is 2.14 bits per heavy atom. The quantitative estimate of drug-likeness (QED) is 0.445. The molecule has 22 heavy (non-hydrogen) atoms. The number of oxazole rings is 1. The minimum Gasteiger partial charge on any atom is -0.479 e. The molecule has 0 aliphatic heterocycles. The minimum atomic E-state index is -0.503. The number of aromatic hydroxyl groups is 1. The Kier molecular flexibility index (Phi) is 3.58. The zero-order chi connectivity index (χ0) is 15.5. The molecule has 9 nitrogen and oxygen atoms in total. The smallest absolute Gasteiger partial charge is 0.312 e. The predicted octanol–water partition coefficient (Wildman–Crippen LogP) is 2.56. The first-order chi connectivity index (χ1) is 10.6. The standard InChI is InChI=1S/C12H7N5O4S/c18-11-9(5-13-12-16-14-6-22-12)15-10(21-11)7-1-3-8(4-2-7)17(19)20/h1-6,18H. The molecule has 2 aromatic heterocycles. The molecule has 0 unspecified atom stereocenters. The zero-order valence-electron chi connectivity index (χ0n) is 10.8. The van der Waals surface area contributed by atoms with Crippen LogP contribution in [0.4, 0.5) is 10.8 Å². The van der Waals surface area contributed by atoms with Crippen molar-refractivity contribution in [2.75, 3.05) is 0 Å². The molecule has 110 valence electrons. The number of non-ortho nitro benzene ring substituents is 1. The number of nitro groups is 1. The summed E-state index contributed by atoms with van der Waals surface area (Å²) >= 11 is 1.23. The highest BCUT2D eigenvalue weighted by atomic mass is 32.1. The lowest BCUT2D eigenvalue weighted by atomic mass is 10.2. The van der Waals surface area contributed by atoms with Crippen molar-refractivity contribution in [2.45, 2.75) is 0 Å². The molecule has 0 amide bonds. The first-order valence-corrected chi connectivity index (χ1v) is 6.76. The third-order valence-corrected chi connectivity index (χ3v) is 3.20. The lowest BCUT2D eigenvalue weighted by Gasteiger charge is -1.94. The van der Waals surface area contributed by atoms with Gasteiger partial charge in [0.05, 0.1) is 11.1 Å². The van der Waals surface area contributed by atoms with Gasteiger partial charge in [-0.25, -0.2) is 9.98 Å². The molecule has 0 spiro atoms. The summed E-state index contributed by atoms with van der Waals surface area (Å²) in [5, 5.41) is 28.1. The van der Waals surface area contributed by atoms with Crippen molar-refractivity contribution in [2.24, 2.45) is 4.99 Å². The maximum atomic E-state index is 10.6. The van der Waals surface area contributed by atoms with Crippen molar-refractivity contribution >= 4 is 28.4 Å². The Balaban J connectivity index is 1.86. The van der Waals surface area contributed by atoms with Crippen molar-refractivity contribution in [3.8, 4) is 17.4 Å². The highest BCUT2D eigenvalue weighted by Gasteiger charge is 2.14. The number of aliphatic imine (C=N–C) groups is 1. The summed E-state index contributed by atoms with van der Waals surface area (Å²) in [6.45, 7) is 0. The van der Waals surface area contributed by atoms with E-state index in [1.54, 1.807) is 0 Å². The molecule has 0 fully saturated rings. The monoisotopic (exact) mass is 317 g/mol. The van der Waals surface area contributed by atoms with Crippen LogP contribution in [0.25, 0.3) is 11.5 Å². The number of nitrogens with zero attached hydrogens (tertiary/aromatic N) is 5. The topological polar surface area (TPSA) is 128 Å². The molecule has 0 bridgehead atoms. The van der Waals surface area contributed by atoms with Crippen LogP contribution in [-0.4, -0.2) is 31.4 Å². The summed E-state index contributed by atoms with van der Waals surface area (Å²) in [4.78, 5) is 18.2. The highest BCUT2D eigenvalue weighted by molar-refractivity contribution is 7.13. The Morgan fingerprint density at radius 1 is 1.36 bits per heavy atom. The van der Waals surface area contributed by atoms with Crippen LogP contribution >= 0.6 is 11.3 Å². The van der Waals surface area contributed by atoms with E-state index in [1.807, 2.05) is 0 Å². The van der Waals surface area contributed by atoms with Crippen molar-refractivity contribution < 1.29 is 14.4 Å². The predicted molar refractivity (Wildman–Crippen MR) is 77.4 cm³/mol. The van der Waals surface area contributed by atoms with Gasteiger partial charge in [0, 0.05) is 17.7 Å². The summed E-state index contributed by atoms with van der Waals surface area (Å²) in [7, 11) is 0. The molecule has 1 aromatic carbocycles. The van der Waals surface area contributed by atoms with E-state index in [-0.39, 0.29) is 17.3 Å². The van der Waals surface area contributed by atoms with E-state index < -0.39 is 10.9 Å². The molecule has 10 heteroatoms. The number of nitro benzene ring substituents is 1. The first-order valence-electron chi connectivity index (χ1n) is 5.88. The van der Waals surface area contributed by atoms with Gasteiger partial charge in [-0.1, -0.05) is 11.3 Å². The fourth-order valence-electron chi connectivity index (χ4n) is 1.60. The molecule has 0 saturated carbocycles. The van der Waals surface area contributed by atoms with E-state index in [0.29, 0.717) is 10.7 Å². The molecule has 3 rings (SSSR count). The molecule has 0 aliphatic carbocycles. The van der Waals surface area contributed by atoms with Gasteiger partial charge in [0.15, 0.2) is 5.69 Å². The van der Waals surface area contributed by atoms with Crippen LogP contribution < -0.4 is 0 Å². The second-order valence-electron chi connectivity index (χ2n) is 3.99. The van der Waals surface area contributed by atoms with Crippen LogP contribution in [0, 0.1) is 10.1 Å². The van der Waals surface area contributed by atoms with Crippen LogP contribution in [0.1, 0.15) is 5.69 Å². The Hall–Kier alpha value is -3.14. The maximum Gasteiger partial charge on any atom is 0.312 e. The summed E-state index contributed by atoms with van der Waals surface area (Å²) in [6, 6.07) is 5.61. The number of benzene rings is 1. The van der Waals surface area contributed by atoms with Crippen LogP contribution in [-0.2, 0) is 0 Å². The highest BCUT2D eigenvalue weighted by Crippen LogP contribution is 2.27. The Morgan fingerprint density at radius 3 is 2.77 bits per heavy atom. The van der Waals surface area contributed by atoms with Crippen molar-refractivity contribution in [3.63, 3.8) is 0 Å². The average molecular weight is 317 g/mol. The Labute approximate surface area is 126 Å². The molecule has 1 N–H and O–H groups in total. The van der Waals surface area contributed by atoms with E-state index in [0.717, 1.165) is 0 Å². The second kappa shape index (κ2) is 5.69. The molecule has 0 atom stereocenters. The van der Waals surface area contributed by atoms with Gasteiger partial charge in [0.1, 0.15) is 5.51 Å². The summed E-state index contributed by atoms with van der Waals surface area (Å²) in [5.41, 5.74) is 2.11. The summed E-state index contributed by atoms with van der Waals surface area (Å²) in [6.07, 6.45) is 1.30. The Bertz CT molecular complexity index is 826. The van der Waals surface area contributed by atoms with Crippen molar-refractivity contribution in [3.05, 3.63) is 45.6 Å². The van der Waals surface area contributed by atoms with Gasteiger partial charge in [-0.3, -0.25) is 10.1 Å². The minimum absolute atomic E-state index is 0.0439. The molecule has 0 saturated heterocycles. The van der Waals surface area contributed by atoms with Crippen LogP contribution in [0.3, 0.4) is 0 Å². The van der Waals surface area contributed by atoms with E-state index in [2.05, 4.69) is 20.2 Å². The van der Waals surface area contributed by atoms with E-state index in [1.165, 1.54) is 47.3 Å². The van der Waals surface area contributed by atoms with E-state index in [4.69, 9.17) is 4.42 Å². The molecule has 3 aromatic rings. The van der Waals surface area contributed by atoms with Gasteiger partial charge < -0.3 is 9.52 Å². The van der Waals surface area contributed by atoms with Crippen molar-refractivity contribution in [1.82, 2.24) is 15.2 Å². The van der Waals surface area contributed by atoms with Gasteiger partial charge in [0.25, 0.3) is 5.69 Å².